The highest BCUT2D eigenvalue weighted by Crippen LogP contribution is 2.45. The molecular weight excluding hydrogens is 1810 g/mol. The molecule has 2 amide bonds. The molecule has 0 bridgehead atoms. The van der Waals surface area contributed by atoms with E-state index >= 15 is 0 Å². The van der Waals surface area contributed by atoms with Crippen LogP contribution in [0.1, 0.15) is 70.2 Å². The highest BCUT2D eigenvalue weighted by molar-refractivity contribution is 7.92. The Morgan fingerprint density at radius 2 is 0.508 bits per heavy atom. The standard InChI is InChI=1S/2C19H17F5N4O3S.2C19H18F5N3O3S/c2*1-32(30,31)27-14-3-2-4-15-13(14)10-26-28(15)18(17(25)29,9-16(20)21)11-5-7-12(8-6-11)19(22,23)24;2*1-31(29,30)26-15-3-2-4-16-14(15)10-25-27(16)18(11-28,9-17(20)21)12-5-7-13(8-6-12)19(22,23)24/h2*2-8,10,16,27H,9H2,1H3,(H2,25,29);2*2-8,10,17,26,28H,9,11H2,1H3. The zero-order valence-corrected chi connectivity index (χ0v) is 68.2. The van der Waals surface area contributed by atoms with Crippen molar-refractivity contribution in [2.45, 2.75) is 98.2 Å². The quantitative estimate of drug-likeness (QED) is 0.0211. The molecule has 4 heterocycles. The van der Waals surface area contributed by atoms with E-state index < -0.39 is 186 Å². The van der Waals surface area contributed by atoms with E-state index in [2.05, 4.69) is 39.3 Å². The lowest BCUT2D eigenvalue weighted by molar-refractivity contribution is -0.138. The molecule has 8 aromatic carbocycles. The van der Waals surface area contributed by atoms with Gasteiger partial charge in [0.25, 0.3) is 0 Å². The minimum atomic E-state index is -4.68. The average molecular weight is 1880 g/mol. The summed E-state index contributed by atoms with van der Waals surface area (Å²) in [6.07, 6.45) is -26.4. The molecule has 4 unspecified atom stereocenters. The van der Waals surface area contributed by atoms with Crippen LogP contribution in [0.4, 0.5) is 111 Å². The van der Waals surface area contributed by atoms with Crippen LogP contribution in [0, 0.1) is 0 Å². The predicted molar refractivity (Wildman–Crippen MR) is 422 cm³/mol. The molecule has 12 aromatic rings. The molecule has 680 valence electrons. The number of primary amides is 2. The number of hydrogen-bond donors (Lipinski definition) is 8. The van der Waals surface area contributed by atoms with Gasteiger partial charge in [-0.15, -0.1) is 0 Å². The minimum Gasteiger partial charge on any atom is -0.393 e. The van der Waals surface area contributed by atoms with Crippen molar-refractivity contribution in [1.82, 2.24) is 39.1 Å². The molecule has 0 aliphatic carbocycles. The first-order chi connectivity index (χ1) is 58.2. The zero-order chi connectivity index (χ0) is 93.8. The largest absolute Gasteiger partial charge is 0.416 e. The molecule has 12 rings (SSSR count). The van der Waals surface area contributed by atoms with Gasteiger partial charge in [0.1, 0.15) is 11.1 Å². The number of nitrogens with one attached hydrogen (secondary N) is 4. The number of hydrogen-bond acceptors (Lipinski definition) is 16. The summed E-state index contributed by atoms with van der Waals surface area (Å²) in [4.78, 5) is 25.2. The molecule has 126 heavy (non-hydrogen) atoms. The first-order valence-electron chi connectivity index (χ1n) is 35.7. The Labute approximate surface area is 701 Å². The van der Waals surface area contributed by atoms with Gasteiger partial charge in [-0.1, -0.05) is 72.8 Å². The molecule has 0 aliphatic heterocycles. The number of nitrogens with two attached hydrogens (primary N) is 2. The van der Waals surface area contributed by atoms with Gasteiger partial charge in [0, 0.05) is 47.2 Å². The topological polar surface area (TPSA) is 383 Å². The maximum Gasteiger partial charge on any atom is 0.416 e. The second kappa shape index (κ2) is 37.0. The first kappa shape index (κ1) is 97.9. The third-order valence-corrected chi connectivity index (χ3v) is 21.6. The Morgan fingerprint density at radius 3 is 0.690 bits per heavy atom. The van der Waals surface area contributed by atoms with Crippen molar-refractivity contribution < 1.29 is 141 Å². The van der Waals surface area contributed by atoms with Crippen molar-refractivity contribution in [2.24, 2.45) is 11.5 Å². The van der Waals surface area contributed by atoms with Crippen LogP contribution >= 0.6 is 0 Å². The van der Waals surface area contributed by atoms with Crippen LogP contribution in [0.3, 0.4) is 0 Å². The molecule has 50 heteroatoms. The fourth-order valence-corrected chi connectivity index (χ4v) is 16.2. The number of alkyl halides is 20. The van der Waals surface area contributed by atoms with E-state index in [0.717, 1.165) is 129 Å². The predicted octanol–water partition coefficient (Wildman–Crippen LogP) is 14.3. The first-order valence-corrected chi connectivity index (χ1v) is 43.3. The van der Waals surface area contributed by atoms with Crippen LogP contribution in [-0.2, 0) is 96.5 Å². The van der Waals surface area contributed by atoms with Crippen LogP contribution in [0.25, 0.3) is 43.6 Å². The normalized spacial score (nSPS) is 14.6. The van der Waals surface area contributed by atoms with Gasteiger partial charge >= 0.3 is 24.7 Å². The number of aromatic nitrogens is 8. The fraction of sp³-hybridized carbons (Fsp3) is 0.289. The molecule has 0 saturated carbocycles. The van der Waals surface area contributed by atoms with E-state index in [4.69, 9.17) is 11.5 Å². The molecule has 0 spiro atoms. The summed E-state index contributed by atoms with van der Waals surface area (Å²) < 4.78 is 370. The number of amides is 2. The maximum absolute atomic E-state index is 13.6. The number of carbonyl (C=O) groups is 2. The number of benzene rings is 8. The van der Waals surface area contributed by atoms with E-state index in [9.17, 15) is 141 Å². The monoisotopic (exact) mass is 1880 g/mol. The van der Waals surface area contributed by atoms with E-state index in [-0.39, 0.29) is 88.6 Å². The summed E-state index contributed by atoms with van der Waals surface area (Å²) >= 11 is 0. The Kier molecular flexibility index (Phi) is 28.7. The number of sulfonamides is 4. The van der Waals surface area contributed by atoms with Crippen molar-refractivity contribution in [2.75, 3.05) is 57.1 Å². The third kappa shape index (κ3) is 22.1. The van der Waals surface area contributed by atoms with Crippen molar-refractivity contribution in [3.05, 3.63) is 239 Å². The van der Waals surface area contributed by atoms with Crippen molar-refractivity contribution in [3.63, 3.8) is 0 Å². The number of aliphatic hydroxyl groups is 2. The highest BCUT2D eigenvalue weighted by Gasteiger charge is 2.49. The molecular formula is C76H70F20N14O12S4. The lowest BCUT2D eigenvalue weighted by Gasteiger charge is -2.33. The average Bonchev–Trinajstić information content (AvgIpc) is 1.57. The molecule has 0 saturated heterocycles. The maximum atomic E-state index is 13.6. The van der Waals surface area contributed by atoms with E-state index in [1.54, 1.807) is 0 Å². The third-order valence-electron chi connectivity index (χ3n) is 19.3. The molecule has 0 fully saturated rings. The van der Waals surface area contributed by atoms with E-state index in [1.165, 1.54) is 85.2 Å². The van der Waals surface area contributed by atoms with Gasteiger partial charge in [0.15, 0.2) is 11.1 Å². The van der Waals surface area contributed by atoms with Crippen LogP contribution in [0.15, 0.2) is 195 Å². The van der Waals surface area contributed by atoms with Gasteiger partial charge in [-0.05, 0) is 119 Å². The van der Waals surface area contributed by atoms with E-state index in [1.807, 2.05) is 0 Å². The van der Waals surface area contributed by atoms with Crippen LogP contribution in [0.2, 0.25) is 0 Å². The SMILES string of the molecule is CS(=O)(=O)Nc1cccc2c1cnn2C(CC(F)F)(C(N)=O)c1ccc(C(F)(F)F)cc1.CS(=O)(=O)Nc1cccc2c1cnn2C(CC(F)F)(C(N)=O)c1ccc(C(F)(F)F)cc1.CS(=O)(=O)Nc1cccc2c1cnn2C(CO)(CC(F)F)c1ccc(C(F)(F)F)cc1.CS(=O)(=O)Nc1cccc2c1cnn2C(CO)(CC(F)F)c1ccc(C(F)(F)F)cc1. The van der Waals surface area contributed by atoms with Crippen molar-refractivity contribution in [3.8, 4) is 0 Å². The van der Waals surface area contributed by atoms with Gasteiger partial charge in [-0.2, -0.15) is 73.1 Å². The smallest absolute Gasteiger partial charge is 0.393 e. The van der Waals surface area contributed by atoms with Gasteiger partial charge in [0.05, 0.1) is 130 Å². The number of nitrogens with zero attached hydrogens (tertiary/aromatic N) is 8. The number of fused-ring (bicyclic) bond motifs is 4. The number of halogens is 20. The lowest BCUT2D eigenvalue weighted by Crippen LogP contribution is -2.49. The molecule has 10 N–H and O–H groups in total. The van der Waals surface area contributed by atoms with Gasteiger partial charge < -0.3 is 21.7 Å². The minimum absolute atomic E-state index is 0.00484. The fourth-order valence-electron chi connectivity index (χ4n) is 13.9. The summed E-state index contributed by atoms with van der Waals surface area (Å²) in [6, 6.07) is 30.4. The lowest BCUT2D eigenvalue weighted by atomic mass is 9.85. The highest BCUT2D eigenvalue weighted by atomic mass is 32.2. The van der Waals surface area contributed by atoms with Gasteiger partial charge in [-0.25, -0.2) is 78.2 Å². The summed E-state index contributed by atoms with van der Waals surface area (Å²) in [7, 11) is -14.7. The second-order valence-corrected chi connectivity index (χ2v) is 35.2. The zero-order valence-electron chi connectivity index (χ0n) is 64.9. The molecule has 0 radical (unpaired) electrons. The molecule has 0 aliphatic rings. The Balaban J connectivity index is 0.000000190. The number of rotatable bonds is 28. The van der Waals surface area contributed by atoms with Gasteiger partial charge in [-0.3, -0.25) is 37.8 Å². The summed E-state index contributed by atoms with van der Waals surface area (Å²) in [5.41, 5.74) is -0.906. The second-order valence-electron chi connectivity index (χ2n) is 28.2. The number of aliphatic hydroxyl groups excluding tert-OH is 2. The summed E-state index contributed by atoms with van der Waals surface area (Å²) in [5, 5.41) is 37.4. The molecule has 4 aromatic heterocycles. The summed E-state index contributed by atoms with van der Waals surface area (Å²) in [5.74, 6) is -2.55. The number of anilines is 4. The molecule has 26 nitrogen and oxygen atoms in total. The van der Waals surface area contributed by atoms with Crippen molar-refractivity contribution in [1.29, 1.82) is 0 Å². The van der Waals surface area contributed by atoms with Crippen LogP contribution in [0.5, 0.6) is 0 Å². The van der Waals surface area contributed by atoms with Crippen LogP contribution < -0.4 is 30.4 Å². The Hall–Kier alpha value is -11.9. The van der Waals surface area contributed by atoms with Gasteiger partial charge in [0.2, 0.25) is 77.6 Å². The Morgan fingerprint density at radius 1 is 0.317 bits per heavy atom. The van der Waals surface area contributed by atoms with E-state index in [0.29, 0.717) is 24.3 Å². The van der Waals surface area contributed by atoms with Crippen molar-refractivity contribution >= 4 is 118 Å². The molecule has 4 atom stereocenters. The summed E-state index contributed by atoms with van der Waals surface area (Å²) in [6.45, 7) is -1.77. The van der Waals surface area contributed by atoms with Crippen LogP contribution in [-0.4, -0.2) is 159 Å². The Bertz CT molecular complexity index is 6020. The number of carbonyl (C=O) groups excluding carboxylic acids is 2.